The lowest BCUT2D eigenvalue weighted by atomic mass is 10.2. The van der Waals surface area contributed by atoms with Gasteiger partial charge < -0.3 is 4.57 Å². The molecular formula is C15H11Br2N3O2S. The Morgan fingerprint density at radius 3 is 2.70 bits per heavy atom. The van der Waals surface area contributed by atoms with Gasteiger partial charge in [0.1, 0.15) is 0 Å². The van der Waals surface area contributed by atoms with Crippen molar-refractivity contribution in [3.63, 3.8) is 0 Å². The lowest BCUT2D eigenvalue weighted by molar-refractivity contribution is 0.714. The number of nitrogens with zero attached hydrogens (tertiary/aromatic N) is 3. The van der Waals surface area contributed by atoms with Crippen LogP contribution < -0.4 is 11.2 Å². The van der Waals surface area contributed by atoms with Crippen molar-refractivity contribution in [2.24, 2.45) is 7.05 Å². The minimum Gasteiger partial charge on any atom is -0.301 e. The number of hydrogen-bond acceptors (Lipinski definition) is 4. The van der Waals surface area contributed by atoms with E-state index in [1.807, 2.05) is 18.2 Å². The van der Waals surface area contributed by atoms with Crippen molar-refractivity contribution in [3.8, 4) is 5.69 Å². The molecule has 8 heteroatoms. The minimum absolute atomic E-state index is 0.341. The van der Waals surface area contributed by atoms with Crippen LogP contribution in [-0.4, -0.2) is 13.5 Å². The third-order valence-electron chi connectivity index (χ3n) is 3.55. The highest BCUT2D eigenvalue weighted by molar-refractivity contribution is 9.28. The quantitative estimate of drug-likeness (QED) is 0.592. The number of halogens is 2. The minimum atomic E-state index is -0.365. The molecule has 0 unspecified atom stereocenters. The van der Waals surface area contributed by atoms with Gasteiger partial charge in [0.2, 0.25) is 0 Å². The van der Waals surface area contributed by atoms with Crippen LogP contribution >= 0.6 is 43.4 Å². The number of aryl methyl sites for hydroxylation is 1. The first-order valence-electron chi connectivity index (χ1n) is 6.60. The lowest BCUT2D eigenvalue weighted by Crippen LogP contribution is -2.38. The first kappa shape index (κ1) is 16.4. The average Bonchev–Trinajstić information content (AvgIpc) is 2.87. The fraction of sp³-hybridized carbons (Fsp3) is 0.133. The topological polar surface area (TPSA) is 56.9 Å². The molecule has 1 aromatic carbocycles. The maximum absolute atomic E-state index is 12.4. The van der Waals surface area contributed by atoms with Crippen LogP contribution in [-0.2, 0) is 7.05 Å². The molecule has 2 aromatic heterocycles. The van der Waals surface area contributed by atoms with Crippen molar-refractivity contribution >= 4 is 59.6 Å². The molecule has 118 valence electrons. The van der Waals surface area contributed by atoms with E-state index in [1.54, 1.807) is 20.0 Å². The molecule has 2 heterocycles. The van der Waals surface area contributed by atoms with Gasteiger partial charge in [0.25, 0.3) is 5.56 Å². The third kappa shape index (κ3) is 2.98. The Balaban J connectivity index is 2.30. The molecule has 0 saturated heterocycles. The van der Waals surface area contributed by atoms with Crippen LogP contribution in [0.5, 0.6) is 0 Å². The second-order valence-corrected chi connectivity index (χ2v) is 8.56. The second kappa shape index (κ2) is 6.18. The summed E-state index contributed by atoms with van der Waals surface area (Å²) in [7, 11) is 1.65. The van der Waals surface area contributed by atoms with E-state index in [0.717, 1.165) is 19.2 Å². The molecule has 0 radical (unpaired) electrons. The molecule has 0 spiro atoms. The maximum Gasteiger partial charge on any atom is 0.335 e. The van der Waals surface area contributed by atoms with Crippen LogP contribution in [0.15, 0.2) is 37.2 Å². The first-order chi connectivity index (χ1) is 10.9. The fourth-order valence-electron chi connectivity index (χ4n) is 2.26. The van der Waals surface area contributed by atoms with Gasteiger partial charge in [-0.05, 0) is 74.6 Å². The van der Waals surface area contributed by atoms with E-state index in [9.17, 15) is 9.59 Å². The third-order valence-corrected chi connectivity index (χ3v) is 4.84. The number of rotatable bonds is 2. The summed E-state index contributed by atoms with van der Waals surface area (Å²) in [6.45, 7) is 1.73. The molecule has 0 N–H and O–H groups in total. The lowest BCUT2D eigenvalue weighted by Gasteiger charge is -2.09. The van der Waals surface area contributed by atoms with Crippen molar-refractivity contribution in [3.05, 3.63) is 59.9 Å². The second-order valence-electron chi connectivity index (χ2n) is 4.98. The van der Waals surface area contributed by atoms with E-state index in [0.29, 0.717) is 11.4 Å². The molecule has 3 aromatic rings. The maximum atomic E-state index is 12.4. The molecule has 0 saturated carbocycles. The van der Waals surface area contributed by atoms with Crippen LogP contribution in [0.1, 0.15) is 11.4 Å². The standard InChI is InChI=1S/C15H11Br2N3O2S/c1-8-5-14(21)20(15(22)19(8)2)9-3-4-12-10(6-9)11(18-23-12)7-13(16)17/h3-7H,1-2H3. The fourth-order valence-corrected chi connectivity index (χ4v) is 3.44. The summed E-state index contributed by atoms with van der Waals surface area (Å²) in [5, 5.41) is 0.887. The first-order valence-corrected chi connectivity index (χ1v) is 8.96. The zero-order valence-corrected chi connectivity index (χ0v) is 16.2. The highest BCUT2D eigenvalue weighted by atomic mass is 79.9. The summed E-state index contributed by atoms with van der Waals surface area (Å²) in [4.78, 5) is 24.7. The van der Waals surface area contributed by atoms with Crippen LogP contribution in [0.2, 0.25) is 0 Å². The largest absolute Gasteiger partial charge is 0.335 e. The molecule has 0 aliphatic rings. The average molecular weight is 457 g/mol. The number of fused-ring (bicyclic) bond motifs is 1. The van der Waals surface area contributed by atoms with Crippen molar-refractivity contribution < 1.29 is 0 Å². The van der Waals surface area contributed by atoms with Crippen molar-refractivity contribution in [1.82, 2.24) is 13.5 Å². The van der Waals surface area contributed by atoms with E-state index in [-0.39, 0.29) is 11.2 Å². The Morgan fingerprint density at radius 1 is 1.26 bits per heavy atom. The van der Waals surface area contributed by atoms with Crippen molar-refractivity contribution in [1.29, 1.82) is 0 Å². The predicted octanol–water partition coefficient (Wildman–Crippen LogP) is 3.54. The molecule has 0 aliphatic heterocycles. The highest BCUT2D eigenvalue weighted by Gasteiger charge is 2.11. The van der Waals surface area contributed by atoms with E-state index in [4.69, 9.17) is 0 Å². The van der Waals surface area contributed by atoms with E-state index < -0.39 is 0 Å². The van der Waals surface area contributed by atoms with Crippen LogP contribution in [0.4, 0.5) is 0 Å². The Bertz CT molecular complexity index is 1060. The van der Waals surface area contributed by atoms with Crippen molar-refractivity contribution in [2.45, 2.75) is 6.92 Å². The van der Waals surface area contributed by atoms with Gasteiger partial charge in [0.15, 0.2) is 0 Å². The number of benzene rings is 1. The Morgan fingerprint density at radius 2 is 2.00 bits per heavy atom. The molecule has 5 nitrogen and oxygen atoms in total. The van der Waals surface area contributed by atoms with Gasteiger partial charge in [-0.15, -0.1) is 0 Å². The number of hydrogen-bond donors (Lipinski definition) is 0. The van der Waals surface area contributed by atoms with E-state index >= 15 is 0 Å². The van der Waals surface area contributed by atoms with E-state index in [1.165, 1.54) is 26.7 Å². The summed E-state index contributed by atoms with van der Waals surface area (Å²) in [5.41, 5.74) is 1.22. The molecule has 0 aliphatic carbocycles. The smallest absolute Gasteiger partial charge is 0.301 e. The van der Waals surface area contributed by atoms with Gasteiger partial charge in [-0.1, -0.05) is 0 Å². The molecule has 23 heavy (non-hydrogen) atoms. The van der Waals surface area contributed by atoms with Crippen molar-refractivity contribution in [2.75, 3.05) is 0 Å². The van der Waals surface area contributed by atoms with Gasteiger partial charge in [0, 0.05) is 24.2 Å². The predicted molar refractivity (Wildman–Crippen MR) is 101 cm³/mol. The summed E-state index contributed by atoms with van der Waals surface area (Å²) in [6.07, 6.45) is 1.83. The molecule has 0 fully saturated rings. The highest BCUT2D eigenvalue weighted by Crippen LogP contribution is 2.28. The normalized spacial score (nSPS) is 11.0. The van der Waals surface area contributed by atoms with Crippen LogP contribution in [0.25, 0.3) is 21.8 Å². The molecule has 0 amide bonds. The summed E-state index contributed by atoms with van der Waals surface area (Å²) in [6, 6.07) is 6.89. The van der Waals surface area contributed by atoms with Gasteiger partial charge >= 0.3 is 5.69 Å². The van der Waals surface area contributed by atoms with Gasteiger partial charge in [0.05, 0.1) is 19.5 Å². The number of aromatic nitrogens is 3. The van der Waals surface area contributed by atoms with Gasteiger partial charge in [-0.3, -0.25) is 4.79 Å². The molecule has 0 bridgehead atoms. The zero-order valence-electron chi connectivity index (χ0n) is 12.2. The van der Waals surface area contributed by atoms with Crippen LogP contribution in [0.3, 0.4) is 0 Å². The van der Waals surface area contributed by atoms with Gasteiger partial charge in [-0.25, -0.2) is 9.36 Å². The van der Waals surface area contributed by atoms with Crippen LogP contribution in [0, 0.1) is 6.92 Å². The molecule has 3 rings (SSSR count). The van der Waals surface area contributed by atoms with E-state index in [2.05, 4.69) is 36.2 Å². The Kier molecular flexibility index (Phi) is 4.39. The zero-order chi connectivity index (χ0) is 16.7. The Hall–Kier alpha value is -1.51. The summed E-state index contributed by atoms with van der Waals surface area (Å²) >= 11 is 8.01. The SMILES string of the molecule is Cc1cc(=O)n(-c2ccc3snc(C=C(Br)Br)c3c2)c(=O)n1C. The monoisotopic (exact) mass is 455 g/mol. The molecular weight excluding hydrogens is 446 g/mol. The summed E-state index contributed by atoms with van der Waals surface area (Å²) in [5.74, 6) is 0. The Labute approximate surface area is 152 Å². The summed E-state index contributed by atoms with van der Waals surface area (Å²) < 4.78 is 8.75. The van der Waals surface area contributed by atoms with Gasteiger partial charge in [-0.2, -0.15) is 4.37 Å². The molecule has 0 atom stereocenters.